The van der Waals surface area contributed by atoms with Gasteiger partial charge in [-0.2, -0.15) is 0 Å². The van der Waals surface area contributed by atoms with Gasteiger partial charge < -0.3 is 10.2 Å². The number of anilines is 1. The Labute approximate surface area is 102 Å². The molecule has 92 valence electrons. The first-order chi connectivity index (χ1) is 8.33. The van der Waals surface area contributed by atoms with Gasteiger partial charge in [-0.3, -0.25) is 4.98 Å². The Morgan fingerprint density at radius 3 is 2.88 bits per heavy atom. The second-order valence-electron chi connectivity index (χ2n) is 5.25. The van der Waals surface area contributed by atoms with Gasteiger partial charge in [-0.1, -0.05) is 0 Å². The Morgan fingerprint density at radius 1 is 1.29 bits per heavy atom. The Kier molecular flexibility index (Phi) is 2.97. The normalized spacial score (nSPS) is 25.1. The molecule has 4 heteroatoms. The molecule has 0 spiro atoms. The highest BCUT2D eigenvalue weighted by Crippen LogP contribution is 2.31. The van der Waals surface area contributed by atoms with Crippen LogP contribution in [-0.2, 0) is 0 Å². The smallest absolute Gasteiger partial charge is 0.147 e. The third kappa shape index (κ3) is 2.57. The van der Waals surface area contributed by atoms with E-state index in [0.717, 1.165) is 30.0 Å². The first-order valence-corrected chi connectivity index (χ1v) is 6.58. The third-order valence-electron chi connectivity index (χ3n) is 3.82. The molecular weight excluding hydrogens is 212 g/mol. The number of aryl methyl sites for hydroxylation is 1. The second-order valence-corrected chi connectivity index (χ2v) is 5.25. The summed E-state index contributed by atoms with van der Waals surface area (Å²) in [5.74, 6) is 1.72. The summed E-state index contributed by atoms with van der Waals surface area (Å²) in [5.41, 5.74) is 0.990. The quantitative estimate of drug-likeness (QED) is 0.857. The molecule has 1 aliphatic carbocycles. The van der Waals surface area contributed by atoms with E-state index in [4.69, 9.17) is 0 Å². The van der Waals surface area contributed by atoms with Crippen LogP contribution < -0.4 is 5.32 Å². The average Bonchev–Trinajstić information content (AvgIpc) is 3.08. The van der Waals surface area contributed by atoms with Crippen LogP contribution in [0.2, 0.25) is 0 Å². The number of nitrogens with one attached hydrogen (secondary N) is 1. The second kappa shape index (κ2) is 4.61. The van der Waals surface area contributed by atoms with Crippen LogP contribution in [0.25, 0.3) is 0 Å². The van der Waals surface area contributed by atoms with Crippen molar-refractivity contribution in [2.75, 3.05) is 25.0 Å². The lowest BCUT2D eigenvalue weighted by molar-refractivity contribution is 0.316. The van der Waals surface area contributed by atoms with Crippen molar-refractivity contribution in [2.24, 2.45) is 5.92 Å². The van der Waals surface area contributed by atoms with Crippen LogP contribution in [0.3, 0.4) is 0 Å². The van der Waals surface area contributed by atoms with Crippen LogP contribution in [0, 0.1) is 12.8 Å². The van der Waals surface area contributed by atoms with Crippen LogP contribution in [0.1, 0.15) is 25.0 Å². The first-order valence-electron chi connectivity index (χ1n) is 6.58. The van der Waals surface area contributed by atoms with Crippen LogP contribution in [0.4, 0.5) is 5.82 Å². The summed E-state index contributed by atoms with van der Waals surface area (Å²) in [6, 6.07) is 0.915. The fourth-order valence-electron chi connectivity index (χ4n) is 2.62. The van der Waals surface area contributed by atoms with Crippen LogP contribution >= 0.6 is 0 Å². The van der Waals surface area contributed by atoms with Gasteiger partial charge in [0.05, 0.1) is 5.69 Å². The Balaban J connectivity index is 1.50. The minimum Gasteiger partial charge on any atom is -0.368 e. The lowest BCUT2D eigenvalue weighted by Crippen LogP contribution is -2.25. The Hall–Kier alpha value is -1.16. The number of hydrogen-bond acceptors (Lipinski definition) is 4. The lowest BCUT2D eigenvalue weighted by atomic mass is 10.1. The topological polar surface area (TPSA) is 41.1 Å². The summed E-state index contributed by atoms with van der Waals surface area (Å²) < 4.78 is 0. The van der Waals surface area contributed by atoms with Crippen molar-refractivity contribution < 1.29 is 0 Å². The van der Waals surface area contributed by atoms with Crippen molar-refractivity contribution >= 4 is 5.82 Å². The number of hydrogen-bond donors (Lipinski definition) is 1. The van der Waals surface area contributed by atoms with E-state index in [1.807, 2.05) is 6.92 Å². The molecule has 4 nitrogen and oxygen atoms in total. The van der Waals surface area contributed by atoms with Gasteiger partial charge in [0.2, 0.25) is 0 Å². The number of rotatable bonds is 4. The highest BCUT2D eigenvalue weighted by atomic mass is 15.2. The van der Waals surface area contributed by atoms with E-state index in [9.17, 15) is 0 Å². The molecule has 0 bridgehead atoms. The molecule has 17 heavy (non-hydrogen) atoms. The summed E-state index contributed by atoms with van der Waals surface area (Å²) in [4.78, 5) is 11.2. The maximum absolute atomic E-state index is 4.32. The molecule has 1 aromatic heterocycles. The largest absolute Gasteiger partial charge is 0.368 e. The molecule has 1 unspecified atom stereocenters. The SMILES string of the molecule is Cc1nccnc1NCC1CCN(C2CC2)C1. The van der Waals surface area contributed by atoms with E-state index < -0.39 is 0 Å². The van der Waals surface area contributed by atoms with E-state index in [2.05, 4.69) is 20.2 Å². The van der Waals surface area contributed by atoms with E-state index in [-0.39, 0.29) is 0 Å². The van der Waals surface area contributed by atoms with Gasteiger partial charge in [-0.25, -0.2) is 4.98 Å². The molecule has 1 saturated heterocycles. The molecule has 0 amide bonds. The minimum absolute atomic E-state index is 0.775. The van der Waals surface area contributed by atoms with E-state index in [0.29, 0.717) is 0 Å². The zero-order chi connectivity index (χ0) is 11.7. The molecule has 1 atom stereocenters. The predicted octanol–water partition coefficient (Wildman–Crippen LogP) is 1.68. The van der Waals surface area contributed by atoms with Gasteiger partial charge in [0.25, 0.3) is 0 Å². The molecule has 2 aliphatic rings. The standard InChI is InChI=1S/C13H20N4/c1-10-13(15-6-5-14-10)16-8-11-4-7-17(9-11)12-2-3-12/h5-6,11-12H,2-4,7-9H2,1H3,(H,15,16). The molecule has 0 radical (unpaired) electrons. The van der Waals surface area contributed by atoms with Gasteiger partial charge in [0, 0.05) is 31.5 Å². The van der Waals surface area contributed by atoms with Gasteiger partial charge in [-0.15, -0.1) is 0 Å². The van der Waals surface area contributed by atoms with Crippen LogP contribution in [0.15, 0.2) is 12.4 Å². The fraction of sp³-hybridized carbons (Fsp3) is 0.692. The number of nitrogens with zero attached hydrogens (tertiary/aromatic N) is 3. The summed E-state index contributed by atoms with van der Waals surface area (Å²) in [7, 11) is 0. The van der Waals surface area contributed by atoms with Crippen molar-refractivity contribution in [3.05, 3.63) is 18.1 Å². The van der Waals surface area contributed by atoms with Crippen LogP contribution in [-0.4, -0.2) is 40.5 Å². The number of likely N-dealkylation sites (tertiary alicyclic amines) is 1. The van der Waals surface area contributed by atoms with Crippen molar-refractivity contribution in [1.29, 1.82) is 0 Å². The van der Waals surface area contributed by atoms with Crippen LogP contribution in [0.5, 0.6) is 0 Å². The van der Waals surface area contributed by atoms with E-state index in [1.54, 1.807) is 12.4 Å². The lowest BCUT2D eigenvalue weighted by Gasteiger charge is -2.15. The fourth-order valence-corrected chi connectivity index (χ4v) is 2.62. The van der Waals surface area contributed by atoms with E-state index >= 15 is 0 Å². The Bertz CT molecular complexity index is 389. The molecule has 1 aromatic rings. The Morgan fingerprint density at radius 2 is 2.12 bits per heavy atom. The van der Waals surface area contributed by atoms with Crippen molar-refractivity contribution in [2.45, 2.75) is 32.2 Å². The molecule has 0 aromatic carbocycles. The van der Waals surface area contributed by atoms with Gasteiger partial charge in [-0.05, 0) is 38.6 Å². The molecule has 2 heterocycles. The summed E-state index contributed by atoms with van der Waals surface area (Å²) >= 11 is 0. The predicted molar refractivity (Wildman–Crippen MR) is 68.0 cm³/mol. The van der Waals surface area contributed by atoms with Gasteiger partial charge >= 0.3 is 0 Å². The maximum atomic E-state index is 4.32. The molecule has 3 rings (SSSR count). The molecular formula is C13H20N4. The zero-order valence-electron chi connectivity index (χ0n) is 10.4. The van der Waals surface area contributed by atoms with Gasteiger partial charge in [0.1, 0.15) is 5.82 Å². The third-order valence-corrected chi connectivity index (χ3v) is 3.82. The maximum Gasteiger partial charge on any atom is 0.147 e. The highest BCUT2D eigenvalue weighted by Gasteiger charge is 2.34. The summed E-state index contributed by atoms with van der Waals surface area (Å²) in [5, 5.41) is 3.43. The first kappa shape index (κ1) is 11.0. The average molecular weight is 232 g/mol. The molecule has 2 fully saturated rings. The van der Waals surface area contributed by atoms with Crippen molar-refractivity contribution in [3.8, 4) is 0 Å². The van der Waals surface area contributed by atoms with Crippen molar-refractivity contribution in [3.63, 3.8) is 0 Å². The number of aromatic nitrogens is 2. The molecule has 1 aliphatic heterocycles. The summed E-state index contributed by atoms with van der Waals surface area (Å²) in [6.07, 6.45) is 7.65. The highest BCUT2D eigenvalue weighted by molar-refractivity contribution is 5.38. The molecule has 1 N–H and O–H groups in total. The zero-order valence-corrected chi connectivity index (χ0v) is 10.4. The van der Waals surface area contributed by atoms with Gasteiger partial charge in [0.15, 0.2) is 0 Å². The van der Waals surface area contributed by atoms with E-state index in [1.165, 1.54) is 32.4 Å². The summed E-state index contributed by atoms with van der Waals surface area (Å²) in [6.45, 7) is 5.58. The minimum atomic E-state index is 0.775. The van der Waals surface area contributed by atoms with Crippen molar-refractivity contribution in [1.82, 2.24) is 14.9 Å². The monoisotopic (exact) mass is 232 g/mol. The molecule has 1 saturated carbocycles.